The van der Waals surface area contributed by atoms with Gasteiger partial charge < -0.3 is 15.6 Å². The molecule has 0 aliphatic heterocycles. The fourth-order valence-electron chi connectivity index (χ4n) is 1.22. The SMILES string of the molecule is COc1ccccc1C[C@@H](N)CO.Cl. The van der Waals surface area contributed by atoms with Gasteiger partial charge in [-0.2, -0.15) is 0 Å². The zero-order valence-corrected chi connectivity index (χ0v) is 8.96. The molecule has 3 N–H and O–H groups in total. The van der Waals surface area contributed by atoms with E-state index in [1.165, 1.54) is 0 Å². The Kier molecular flexibility index (Phi) is 6.28. The maximum atomic E-state index is 8.79. The summed E-state index contributed by atoms with van der Waals surface area (Å²) in [7, 11) is 1.63. The molecule has 4 heteroatoms. The van der Waals surface area contributed by atoms with Crippen LogP contribution in [0.4, 0.5) is 0 Å². The van der Waals surface area contributed by atoms with Gasteiger partial charge in [0, 0.05) is 6.04 Å². The summed E-state index contributed by atoms with van der Waals surface area (Å²) in [4.78, 5) is 0. The monoisotopic (exact) mass is 217 g/mol. The minimum absolute atomic E-state index is 0. The van der Waals surface area contributed by atoms with Crippen molar-refractivity contribution in [3.05, 3.63) is 29.8 Å². The normalized spacial score (nSPS) is 11.6. The number of aliphatic hydroxyl groups excluding tert-OH is 1. The average Bonchev–Trinajstić information content (AvgIpc) is 2.18. The molecule has 0 radical (unpaired) electrons. The number of hydrogen-bond donors (Lipinski definition) is 2. The lowest BCUT2D eigenvalue weighted by molar-refractivity contribution is 0.264. The van der Waals surface area contributed by atoms with E-state index in [1.807, 2.05) is 24.3 Å². The Balaban J connectivity index is 0.00000169. The van der Waals surface area contributed by atoms with Crippen molar-refractivity contribution in [2.75, 3.05) is 13.7 Å². The number of benzene rings is 1. The second-order valence-electron chi connectivity index (χ2n) is 2.96. The minimum Gasteiger partial charge on any atom is -0.496 e. The maximum Gasteiger partial charge on any atom is 0.122 e. The summed E-state index contributed by atoms with van der Waals surface area (Å²) in [6, 6.07) is 7.47. The summed E-state index contributed by atoms with van der Waals surface area (Å²) < 4.78 is 5.15. The molecule has 14 heavy (non-hydrogen) atoms. The van der Waals surface area contributed by atoms with E-state index in [4.69, 9.17) is 15.6 Å². The van der Waals surface area contributed by atoms with Gasteiger partial charge in [0.1, 0.15) is 5.75 Å². The highest BCUT2D eigenvalue weighted by atomic mass is 35.5. The highest BCUT2D eigenvalue weighted by molar-refractivity contribution is 5.85. The third-order valence-electron chi connectivity index (χ3n) is 1.91. The number of para-hydroxylation sites is 1. The Morgan fingerprint density at radius 1 is 1.43 bits per heavy atom. The van der Waals surface area contributed by atoms with Gasteiger partial charge in [-0.15, -0.1) is 12.4 Å². The van der Waals surface area contributed by atoms with E-state index in [2.05, 4.69) is 0 Å². The minimum atomic E-state index is -0.212. The van der Waals surface area contributed by atoms with Gasteiger partial charge in [0.05, 0.1) is 13.7 Å². The quantitative estimate of drug-likeness (QED) is 0.791. The molecule has 1 atom stereocenters. The van der Waals surface area contributed by atoms with Crippen molar-refractivity contribution < 1.29 is 9.84 Å². The standard InChI is InChI=1S/C10H15NO2.ClH/c1-13-10-5-3-2-4-8(10)6-9(11)7-12;/h2-5,9,12H,6-7,11H2,1H3;1H/t9-;/m1./s1. The van der Waals surface area contributed by atoms with Crippen LogP contribution in [0, 0.1) is 0 Å². The summed E-state index contributed by atoms with van der Waals surface area (Å²) in [5, 5.41) is 8.79. The van der Waals surface area contributed by atoms with Crippen molar-refractivity contribution in [2.24, 2.45) is 5.73 Å². The molecular weight excluding hydrogens is 202 g/mol. The summed E-state index contributed by atoms with van der Waals surface area (Å²) in [5.41, 5.74) is 6.66. The molecule has 1 aromatic rings. The van der Waals surface area contributed by atoms with E-state index in [0.29, 0.717) is 6.42 Å². The molecule has 80 valence electrons. The number of aliphatic hydroxyl groups is 1. The zero-order chi connectivity index (χ0) is 9.68. The summed E-state index contributed by atoms with van der Waals surface area (Å²) in [5.74, 6) is 0.825. The van der Waals surface area contributed by atoms with Crippen molar-refractivity contribution in [3.8, 4) is 5.75 Å². The second-order valence-corrected chi connectivity index (χ2v) is 2.96. The molecule has 1 aromatic carbocycles. The molecule has 3 nitrogen and oxygen atoms in total. The molecule has 0 aromatic heterocycles. The van der Waals surface area contributed by atoms with Gasteiger partial charge in [0.2, 0.25) is 0 Å². The number of methoxy groups -OCH3 is 1. The lowest BCUT2D eigenvalue weighted by Crippen LogP contribution is -2.26. The molecule has 0 heterocycles. The number of halogens is 1. The molecule has 0 saturated carbocycles. The number of ether oxygens (including phenoxy) is 1. The Bertz CT molecular complexity index is 268. The van der Waals surface area contributed by atoms with E-state index < -0.39 is 0 Å². The van der Waals surface area contributed by atoms with Gasteiger partial charge in [-0.1, -0.05) is 18.2 Å². The molecule has 0 saturated heterocycles. The van der Waals surface area contributed by atoms with Crippen LogP contribution in [-0.2, 0) is 6.42 Å². The predicted molar refractivity (Wildman–Crippen MR) is 59.0 cm³/mol. The maximum absolute atomic E-state index is 8.79. The number of hydrogen-bond acceptors (Lipinski definition) is 3. The highest BCUT2D eigenvalue weighted by Gasteiger charge is 2.06. The number of rotatable bonds is 4. The van der Waals surface area contributed by atoms with E-state index in [0.717, 1.165) is 11.3 Å². The third-order valence-corrected chi connectivity index (χ3v) is 1.91. The first-order valence-electron chi connectivity index (χ1n) is 4.26. The molecule has 0 aliphatic carbocycles. The Labute approximate surface area is 90.3 Å². The van der Waals surface area contributed by atoms with E-state index in [1.54, 1.807) is 7.11 Å². The lowest BCUT2D eigenvalue weighted by atomic mass is 10.1. The molecule has 0 aliphatic rings. The summed E-state index contributed by atoms with van der Waals surface area (Å²) in [6.45, 7) is -0.00194. The topological polar surface area (TPSA) is 55.5 Å². The fourth-order valence-corrected chi connectivity index (χ4v) is 1.22. The van der Waals surface area contributed by atoms with Crippen LogP contribution in [0.2, 0.25) is 0 Å². The van der Waals surface area contributed by atoms with Crippen molar-refractivity contribution in [1.82, 2.24) is 0 Å². The van der Waals surface area contributed by atoms with Gasteiger partial charge >= 0.3 is 0 Å². The van der Waals surface area contributed by atoms with Gasteiger partial charge in [-0.25, -0.2) is 0 Å². The van der Waals surface area contributed by atoms with Crippen LogP contribution in [0.25, 0.3) is 0 Å². The van der Waals surface area contributed by atoms with Crippen molar-refractivity contribution >= 4 is 12.4 Å². The van der Waals surface area contributed by atoms with Gasteiger partial charge in [-0.05, 0) is 18.1 Å². The average molecular weight is 218 g/mol. The van der Waals surface area contributed by atoms with Crippen LogP contribution < -0.4 is 10.5 Å². The first-order valence-corrected chi connectivity index (χ1v) is 4.26. The fraction of sp³-hybridized carbons (Fsp3) is 0.400. The Morgan fingerprint density at radius 2 is 2.07 bits per heavy atom. The van der Waals surface area contributed by atoms with Crippen molar-refractivity contribution in [1.29, 1.82) is 0 Å². The molecular formula is C10H16ClNO2. The van der Waals surface area contributed by atoms with Gasteiger partial charge in [-0.3, -0.25) is 0 Å². The van der Waals surface area contributed by atoms with Gasteiger partial charge in [0.15, 0.2) is 0 Å². The molecule has 0 bridgehead atoms. The molecule has 0 spiro atoms. The molecule has 1 rings (SSSR count). The Hall–Kier alpha value is -0.770. The zero-order valence-electron chi connectivity index (χ0n) is 8.14. The third kappa shape index (κ3) is 3.54. The van der Waals surface area contributed by atoms with E-state index >= 15 is 0 Å². The molecule has 0 unspecified atom stereocenters. The molecule has 0 fully saturated rings. The van der Waals surface area contributed by atoms with Gasteiger partial charge in [0.25, 0.3) is 0 Å². The first-order chi connectivity index (χ1) is 6.27. The molecule has 0 amide bonds. The van der Waals surface area contributed by atoms with Crippen LogP contribution in [0.3, 0.4) is 0 Å². The van der Waals surface area contributed by atoms with E-state index in [9.17, 15) is 0 Å². The van der Waals surface area contributed by atoms with Crippen molar-refractivity contribution in [3.63, 3.8) is 0 Å². The van der Waals surface area contributed by atoms with Crippen LogP contribution >= 0.6 is 12.4 Å². The van der Waals surface area contributed by atoms with Crippen LogP contribution in [0.1, 0.15) is 5.56 Å². The van der Waals surface area contributed by atoms with Crippen molar-refractivity contribution in [2.45, 2.75) is 12.5 Å². The van der Waals surface area contributed by atoms with Crippen LogP contribution in [0.5, 0.6) is 5.75 Å². The predicted octanol–water partition coefficient (Wildman–Crippen LogP) is 0.979. The second kappa shape index (κ2) is 6.65. The lowest BCUT2D eigenvalue weighted by Gasteiger charge is -2.11. The Morgan fingerprint density at radius 3 is 2.64 bits per heavy atom. The van der Waals surface area contributed by atoms with E-state index in [-0.39, 0.29) is 25.1 Å². The number of nitrogens with two attached hydrogens (primary N) is 1. The summed E-state index contributed by atoms with van der Waals surface area (Å²) >= 11 is 0. The van der Waals surface area contributed by atoms with Crippen LogP contribution in [0.15, 0.2) is 24.3 Å². The highest BCUT2D eigenvalue weighted by Crippen LogP contribution is 2.18. The first kappa shape index (κ1) is 13.2. The smallest absolute Gasteiger partial charge is 0.122 e. The van der Waals surface area contributed by atoms with Crippen LogP contribution in [-0.4, -0.2) is 24.9 Å². The largest absolute Gasteiger partial charge is 0.496 e. The summed E-state index contributed by atoms with van der Waals surface area (Å²) in [6.07, 6.45) is 0.639.